The number of nitrogens with zero attached hydrogens (tertiary/aromatic N) is 3. The summed E-state index contributed by atoms with van der Waals surface area (Å²) < 4.78 is 6.62. The van der Waals surface area contributed by atoms with Gasteiger partial charge in [0.2, 0.25) is 5.91 Å². The Morgan fingerprint density at radius 3 is 2.89 bits per heavy atom. The third-order valence-electron chi connectivity index (χ3n) is 4.85. The van der Waals surface area contributed by atoms with Crippen molar-refractivity contribution >= 4 is 5.91 Å². The highest BCUT2D eigenvalue weighted by molar-refractivity contribution is 5.76. The van der Waals surface area contributed by atoms with E-state index in [9.17, 15) is 19.5 Å². The number of carbonyl (C=O) groups is 1. The molecule has 1 saturated heterocycles. The second kappa shape index (κ2) is 8.36. The molecule has 9 heteroatoms. The molecule has 1 atom stereocenters. The van der Waals surface area contributed by atoms with E-state index in [0.29, 0.717) is 38.2 Å². The van der Waals surface area contributed by atoms with Gasteiger partial charge in [0.15, 0.2) is 0 Å². The van der Waals surface area contributed by atoms with Crippen molar-refractivity contribution in [1.82, 2.24) is 19.4 Å². The molecule has 3 rings (SSSR count). The summed E-state index contributed by atoms with van der Waals surface area (Å²) in [5, 5.41) is 9.38. The third-order valence-corrected chi connectivity index (χ3v) is 4.85. The average molecular weight is 376 g/mol. The number of aliphatic hydroxyl groups excluding tert-OH is 1. The smallest absolute Gasteiger partial charge is 0.328 e. The zero-order chi connectivity index (χ0) is 19.4. The van der Waals surface area contributed by atoms with Gasteiger partial charge in [-0.2, -0.15) is 0 Å². The molecule has 1 aliphatic heterocycles. The van der Waals surface area contributed by atoms with Gasteiger partial charge in [-0.25, -0.2) is 4.79 Å². The maximum atomic E-state index is 12.7. The van der Waals surface area contributed by atoms with Gasteiger partial charge in [-0.3, -0.25) is 24.0 Å². The number of aromatic nitrogens is 2. The summed E-state index contributed by atoms with van der Waals surface area (Å²) in [7, 11) is 0. The van der Waals surface area contributed by atoms with Gasteiger partial charge < -0.3 is 14.4 Å². The van der Waals surface area contributed by atoms with Crippen molar-refractivity contribution in [3.8, 4) is 0 Å². The van der Waals surface area contributed by atoms with Crippen LogP contribution in [0.4, 0.5) is 0 Å². The van der Waals surface area contributed by atoms with Crippen molar-refractivity contribution in [2.24, 2.45) is 0 Å². The maximum Gasteiger partial charge on any atom is 0.328 e. The number of H-pyrrole nitrogens is 1. The highest BCUT2D eigenvalue weighted by Crippen LogP contribution is 2.17. The van der Waals surface area contributed by atoms with Gasteiger partial charge in [0, 0.05) is 44.0 Å². The second-order valence-electron chi connectivity index (χ2n) is 6.75. The lowest BCUT2D eigenvalue weighted by molar-refractivity contribution is -0.135. The van der Waals surface area contributed by atoms with E-state index in [0.717, 1.165) is 5.76 Å². The molecule has 1 amide bonds. The molecule has 146 valence electrons. The zero-order valence-electron chi connectivity index (χ0n) is 15.3. The normalized spacial score (nSPS) is 18.0. The first-order valence-corrected chi connectivity index (χ1v) is 8.93. The van der Waals surface area contributed by atoms with Gasteiger partial charge in [0.1, 0.15) is 12.3 Å². The number of furan rings is 1. The summed E-state index contributed by atoms with van der Waals surface area (Å²) in [6.07, 6.45) is 3.57. The minimum Gasteiger partial charge on any atom is -0.468 e. The number of carbonyl (C=O) groups excluding carboxylic acids is 1. The van der Waals surface area contributed by atoms with Crippen LogP contribution in [0, 0.1) is 6.92 Å². The van der Waals surface area contributed by atoms with Crippen LogP contribution in [-0.2, 0) is 17.9 Å². The summed E-state index contributed by atoms with van der Waals surface area (Å²) in [4.78, 5) is 42.1. The Labute approximate surface area is 155 Å². The summed E-state index contributed by atoms with van der Waals surface area (Å²) in [6.45, 7) is 3.76. The van der Waals surface area contributed by atoms with Crippen molar-refractivity contribution in [3.63, 3.8) is 0 Å². The Kier molecular flexibility index (Phi) is 5.92. The molecule has 9 nitrogen and oxygen atoms in total. The number of piperazine rings is 1. The summed E-state index contributed by atoms with van der Waals surface area (Å²) in [6, 6.07) is 3.74. The number of aryl methyl sites for hydroxylation is 1. The molecule has 0 saturated carbocycles. The summed E-state index contributed by atoms with van der Waals surface area (Å²) >= 11 is 0. The first kappa shape index (κ1) is 19.1. The van der Waals surface area contributed by atoms with Crippen LogP contribution in [0.15, 0.2) is 38.6 Å². The molecule has 27 heavy (non-hydrogen) atoms. The Balaban J connectivity index is 1.67. The van der Waals surface area contributed by atoms with Gasteiger partial charge in [-0.05, 0) is 25.5 Å². The highest BCUT2D eigenvalue weighted by Gasteiger charge is 2.29. The van der Waals surface area contributed by atoms with Crippen LogP contribution in [0.1, 0.15) is 17.7 Å². The highest BCUT2D eigenvalue weighted by atomic mass is 16.3. The number of amides is 1. The number of hydrogen-bond donors (Lipinski definition) is 2. The number of aliphatic hydroxyl groups is 1. The van der Waals surface area contributed by atoms with E-state index in [1.807, 2.05) is 12.1 Å². The monoisotopic (exact) mass is 376 g/mol. The van der Waals surface area contributed by atoms with E-state index in [-0.39, 0.29) is 25.1 Å². The standard InChI is InChI=1S/C18H24N4O5/c1-13-9-22(18(26)19-17(13)25)12-16(24)21-6-5-20(14(10-21)4-7-23)11-15-3-2-8-27-15/h2-3,8-9,14,23H,4-7,10-12H2,1H3,(H,19,25,26)/t14-/m0/s1. The van der Waals surface area contributed by atoms with Crippen molar-refractivity contribution < 1.29 is 14.3 Å². The predicted molar refractivity (Wildman–Crippen MR) is 97.2 cm³/mol. The predicted octanol–water partition coefficient (Wildman–Crippen LogP) is -0.467. The molecule has 0 spiro atoms. The fraction of sp³-hybridized carbons (Fsp3) is 0.500. The van der Waals surface area contributed by atoms with Crippen LogP contribution < -0.4 is 11.2 Å². The molecule has 2 N–H and O–H groups in total. The van der Waals surface area contributed by atoms with Crippen LogP contribution >= 0.6 is 0 Å². The third kappa shape index (κ3) is 4.55. The van der Waals surface area contributed by atoms with Crippen molar-refractivity contribution in [1.29, 1.82) is 0 Å². The zero-order valence-corrected chi connectivity index (χ0v) is 15.3. The van der Waals surface area contributed by atoms with E-state index >= 15 is 0 Å². The van der Waals surface area contributed by atoms with Crippen LogP contribution in [0.5, 0.6) is 0 Å². The molecule has 2 aromatic rings. The van der Waals surface area contributed by atoms with Crippen LogP contribution in [-0.4, -0.2) is 62.6 Å². The molecule has 0 aromatic carbocycles. The molecular weight excluding hydrogens is 352 g/mol. The number of hydrogen-bond acceptors (Lipinski definition) is 6. The van der Waals surface area contributed by atoms with Gasteiger partial charge in [0.05, 0.1) is 12.8 Å². The van der Waals surface area contributed by atoms with Crippen LogP contribution in [0.2, 0.25) is 0 Å². The quantitative estimate of drug-likeness (QED) is 0.705. The molecular formula is C18H24N4O5. The second-order valence-corrected chi connectivity index (χ2v) is 6.75. The van der Waals surface area contributed by atoms with Crippen molar-refractivity contribution in [2.45, 2.75) is 32.5 Å². The SMILES string of the molecule is Cc1cn(CC(=O)N2CCN(Cc3ccco3)[C@@H](CCO)C2)c(=O)[nH]c1=O. The lowest BCUT2D eigenvalue weighted by atomic mass is 10.1. The molecule has 0 aliphatic carbocycles. The van der Waals surface area contributed by atoms with Gasteiger partial charge >= 0.3 is 5.69 Å². The topological polar surface area (TPSA) is 112 Å². The van der Waals surface area contributed by atoms with Gasteiger partial charge in [-0.15, -0.1) is 0 Å². The van der Waals surface area contributed by atoms with Gasteiger partial charge in [0.25, 0.3) is 5.56 Å². The Bertz CT molecular complexity index is 886. The van der Waals surface area contributed by atoms with Crippen LogP contribution in [0.3, 0.4) is 0 Å². The number of nitrogens with one attached hydrogen (secondary N) is 1. The molecule has 0 bridgehead atoms. The number of aromatic amines is 1. The first-order chi connectivity index (χ1) is 13.0. The van der Waals surface area contributed by atoms with E-state index in [1.165, 1.54) is 10.8 Å². The average Bonchev–Trinajstić information content (AvgIpc) is 3.14. The van der Waals surface area contributed by atoms with E-state index < -0.39 is 11.2 Å². The Morgan fingerprint density at radius 2 is 2.19 bits per heavy atom. The lowest BCUT2D eigenvalue weighted by Crippen LogP contribution is -2.55. The Hall–Kier alpha value is -2.65. The minimum atomic E-state index is -0.595. The van der Waals surface area contributed by atoms with Crippen molar-refractivity contribution in [2.75, 3.05) is 26.2 Å². The maximum absolute atomic E-state index is 12.7. The van der Waals surface area contributed by atoms with Crippen molar-refractivity contribution in [3.05, 3.63) is 56.8 Å². The molecule has 0 radical (unpaired) electrons. The minimum absolute atomic E-state index is 0.00633. The fourth-order valence-corrected chi connectivity index (χ4v) is 3.33. The largest absolute Gasteiger partial charge is 0.468 e. The van der Waals surface area contributed by atoms with Gasteiger partial charge in [-0.1, -0.05) is 0 Å². The molecule has 2 aromatic heterocycles. The fourth-order valence-electron chi connectivity index (χ4n) is 3.33. The van der Waals surface area contributed by atoms with E-state index in [2.05, 4.69) is 9.88 Å². The van der Waals surface area contributed by atoms with E-state index in [4.69, 9.17) is 4.42 Å². The van der Waals surface area contributed by atoms with Crippen LogP contribution in [0.25, 0.3) is 0 Å². The molecule has 0 unspecified atom stereocenters. The molecule has 1 fully saturated rings. The lowest BCUT2D eigenvalue weighted by Gasteiger charge is -2.41. The Morgan fingerprint density at radius 1 is 1.37 bits per heavy atom. The molecule has 3 heterocycles. The first-order valence-electron chi connectivity index (χ1n) is 8.93. The summed E-state index contributed by atoms with van der Waals surface area (Å²) in [5.74, 6) is 0.650. The van der Waals surface area contributed by atoms with E-state index in [1.54, 1.807) is 18.1 Å². The molecule has 1 aliphatic rings. The number of rotatable bonds is 6. The summed E-state index contributed by atoms with van der Waals surface area (Å²) in [5.41, 5.74) is -0.663.